The normalized spacial score (nSPS) is 20.2. The first-order chi connectivity index (χ1) is 6.42. The van der Waals surface area contributed by atoms with Crippen LogP contribution in [0.4, 0.5) is 0 Å². The molecule has 1 aromatic carbocycles. The van der Waals surface area contributed by atoms with E-state index in [4.69, 9.17) is 0 Å². The van der Waals surface area contributed by atoms with Crippen LogP contribution >= 0.6 is 12.2 Å². The Morgan fingerprint density at radius 1 is 1.38 bits per heavy atom. The lowest BCUT2D eigenvalue weighted by Crippen LogP contribution is -2.07. The van der Waals surface area contributed by atoms with E-state index in [1.807, 2.05) is 0 Å². The zero-order chi connectivity index (χ0) is 9.10. The summed E-state index contributed by atoms with van der Waals surface area (Å²) in [5, 5.41) is 2.49. The molecular formula is C11H11NS. The highest BCUT2D eigenvalue weighted by atomic mass is 32.1. The molecule has 0 aromatic heterocycles. The lowest BCUT2D eigenvalue weighted by Gasteiger charge is -2.20. The average Bonchev–Trinajstić information content (AvgIpc) is 2.19. The minimum atomic E-state index is 0.266. The van der Waals surface area contributed by atoms with Crippen LogP contribution in [0.25, 0.3) is 0 Å². The number of aryl methyl sites for hydroxylation is 1. The number of nitrogens with zero attached hydrogens (tertiary/aromatic N) is 1. The number of benzene rings is 1. The number of isothiocyanates is 1. The van der Waals surface area contributed by atoms with Crippen LogP contribution in [0.15, 0.2) is 29.3 Å². The molecule has 0 saturated carbocycles. The lowest BCUT2D eigenvalue weighted by molar-refractivity contribution is 0.575. The van der Waals surface area contributed by atoms with Crippen molar-refractivity contribution in [3.63, 3.8) is 0 Å². The summed E-state index contributed by atoms with van der Waals surface area (Å²) in [4.78, 5) is 4.19. The summed E-state index contributed by atoms with van der Waals surface area (Å²) in [6.45, 7) is 0. The largest absolute Gasteiger partial charge is 0.224 e. The molecule has 0 radical (unpaired) electrons. The van der Waals surface area contributed by atoms with Gasteiger partial charge in [-0.3, -0.25) is 0 Å². The van der Waals surface area contributed by atoms with E-state index >= 15 is 0 Å². The molecule has 0 unspecified atom stereocenters. The summed E-state index contributed by atoms with van der Waals surface area (Å²) in [5.41, 5.74) is 2.76. The fourth-order valence-corrected chi connectivity index (χ4v) is 2.05. The van der Waals surface area contributed by atoms with Crippen LogP contribution in [0.3, 0.4) is 0 Å². The zero-order valence-corrected chi connectivity index (χ0v) is 8.18. The van der Waals surface area contributed by atoms with E-state index in [0.717, 1.165) is 6.42 Å². The van der Waals surface area contributed by atoms with E-state index in [1.165, 1.54) is 24.0 Å². The third kappa shape index (κ3) is 1.69. The van der Waals surface area contributed by atoms with Crippen LogP contribution in [-0.4, -0.2) is 5.16 Å². The van der Waals surface area contributed by atoms with Crippen molar-refractivity contribution < 1.29 is 0 Å². The van der Waals surface area contributed by atoms with Crippen molar-refractivity contribution in [1.29, 1.82) is 0 Å². The summed E-state index contributed by atoms with van der Waals surface area (Å²) in [7, 11) is 0. The van der Waals surface area contributed by atoms with Gasteiger partial charge in [-0.1, -0.05) is 24.3 Å². The van der Waals surface area contributed by atoms with Crippen LogP contribution < -0.4 is 0 Å². The third-order valence-corrected chi connectivity index (χ3v) is 2.65. The minimum Gasteiger partial charge on any atom is -0.224 e. The second kappa shape index (κ2) is 3.82. The van der Waals surface area contributed by atoms with Crippen molar-refractivity contribution in [3.05, 3.63) is 35.4 Å². The van der Waals surface area contributed by atoms with E-state index in [0.29, 0.717) is 0 Å². The topological polar surface area (TPSA) is 12.4 Å². The van der Waals surface area contributed by atoms with E-state index in [2.05, 4.69) is 46.6 Å². The Kier molecular flexibility index (Phi) is 2.53. The number of rotatable bonds is 1. The molecule has 1 aromatic rings. The lowest BCUT2D eigenvalue weighted by atomic mass is 9.88. The predicted molar refractivity (Wildman–Crippen MR) is 57.1 cm³/mol. The van der Waals surface area contributed by atoms with Crippen LogP contribution in [0.1, 0.15) is 30.0 Å². The molecule has 13 heavy (non-hydrogen) atoms. The highest BCUT2D eigenvalue weighted by molar-refractivity contribution is 7.78. The van der Waals surface area contributed by atoms with E-state index < -0.39 is 0 Å². The van der Waals surface area contributed by atoms with Crippen molar-refractivity contribution in [1.82, 2.24) is 0 Å². The van der Waals surface area contributed by atoms with Gasteiger partial charge in [0.25, 0.3) is 0 Å². The van der Waals surface area contributed by atoms with Gasteiger partial charge >= 0.3 is 0 Å². The molecule has 0 spiro atoms. The molecular weight excluding hydrogens is 178 g/mol. The second-order valence-electron chi connectivity index (χ2n) is 3.33. The van der Waals surface area contributed by atoms with Gasteiger partial charge in [0, 0.05) is 0 Å². The highest BCUT2D eigenvalue weighted by Gasteiger charge is 2.17. The van der Waals surface area contributed by atoms with Crippen molar-refractivity contribution in [2.45, 2.75) is 25.3 Å². The number of hydrogen-bond acceptors (Lipinski definition) is 2. The summed E-state index contributed by atoms with van der Waals surface area (Å²) in [6, 6.07) is 8.75. The third-order valence-electron chi connectivity index (χ3n) is 2.55. The predicted octanol–water partition coefficient (Wildman–Crippen LogP) is 3.17. The molecule has 1 atom stereocenters. The van der Waals surface area contributed by atoms with Gasteiger partial charge in [-0.05, 0) is 42.6 Å². The average molecular weight is 189 g/mol. The van der Waals surface area contributed by atoms with Gasteiger partial charge in [-0.15, -0.1) is 0 Å². The maximum Gasteiger partial charge on any atom is 0.0855 e. The fraction of sp³-hybridized carbons (Fsp3) is 0.364. The van der Waals surface area contributed by atoms with Crippen LogP contribution in [0, 0.1) is 0 Å². The van der Waals surface area contributed by atoms with Crippen LogP contribution in [0.5, 0.6) is 0 Å². The van der Waals surface area contributed by atoms with Gasteiger partial charge in [-0.2, -0.15) is 0 Å². The molecule has 0 bridgehead atoms. The van der Waals surface area contributed by atoms with Gasteiger partial charge in [0.05, 0.1) is 11.2 Å². The summed E-state index contributed by atoms with van der Waals surface area (Å²) in [6.07, 6.45) is 3.50. The van der Waals surface area contributed by atoms with Gasteiger partial charge in [-0.25, -0.2) is 4.99 Å². The molecule has 0 saturated heterocycles. The SMILES string of the molecule is S=C=N[C@H]1CCCc2ccccc21. The maximum atomic E-state index is 4.65. The quantitative estimate of drug-likeness (QED) is 0.488. The Bertz CT molecular complexity index is 353. The second-order valence-corrected chi connectivity index (χ2v) is 3.51. The number of fused-ring (bicyclic) bond motifs is 1. The molecule has 66 valence electrons. The monoisotopic (exact) mass is 189 g/mol. The molecule has 2 heteroatoms. The molecule has 1 aliphatic carbocycles. The molecule has 0 heterocycles. The summed E-state index contributed by atoms with van der Waals surface area (Å²) >= 11 is 4.65. The summed E-state index contributed by atoms with van der Waals surface area (Å²) in [5.74, 6) is 0. The Balaban J connectivity index is 2.42. The number of aliphatic imine (C=N–C) groups is 1. The van der Waals surface area contributed by atoms with Crippen LogP contribution in [0.2, 0.25) is 0 Å². The Labute approximate surface area is 83.5 Å². The van der Waals surface area contributed by atoms with E-state index in [9.17, 15) is 0 Å². The highest BCUT2D eigenvalue weighted by Crippen LogP contribution is 2.31. The molecule has 0 N–H and O–H groups in total. The molecule has 1 aliphatic rings. The Morgan fingerprint density at radius 3 is 3.08 bits per heavy atom. The van der Waals surface area contributed by atoms with Crippen LogP contribution in [-0.2, 0) is 6.42 Å². The van der Waals surface area contributed by atoms with E-state index in [-0.39, 0.29) is 6.04 Å². The van der Waals surface area contributed by atoms with Crippen molar-refractivity contribution in [2.24, 2.45) is 4.99 Å². The molecule has 0 amide bonds. The molecule has 0 aliphatic heterocycles. The van der Waals surface area contributed by atoms with Gasteiger partial charge < -0.3 is 0 Å². The van der Waals surface area contributed by atoms with Gasteiger partial charge in [0.15, 0.2) is 0 Å². The molecule has 1 nitrogen and oxygen atoms in total. The molecule has 0 fully saturated rings. The molecule has 2 rings (SSSR count). The number of hydrogen-bond donors (Lipinski definition) is 0. The smallest absolute Gasteiger partial charge is 0.0855 e. The fourth-order valence-electron chi connectivity index (χ4n) is 1.93. The first-order valence-corrected chi connectivity index (χ1v) is 4.97. The Hall–Kier alpha value is -0.980. The first kappa shape index (κ1) is 8.61. The van der Waals surface area contributed by atoms with Crippen molar-refractivity contribution >= 4 is 17.4 Å². The van der Waals surface area contributed by atoms with Crippen molar-refractivity contribution in [3.8, 4) is 0 Å². The summed E-state index contributed by atoms with van der Waals surface area (Å²) < 4.78 is 0. The minimum absolute atomic E-state index is 0.266. The van der Waals surface area contributed by atoms with E-state index in [1.54, 1.807) is 0 Å². The van der Waals surface area contributed by atoms with Crippen molar-refractivity contribution in [2.75, 3.05) is 0 Å². The first-order valence-electron chi connectivity index (χ1n) is 4.56. The van der Waals surface area contributed by atoms with Gasteiger partial charge in [0.2, 0.25) is 0 Å². The Morgan fingerprint density at radius 2 is 2.23 bits per heavy atom. The van der Waals surface area contributed by atoms with Gasteiger partial charge in [0.1, 0.15) is 0 Å². The number of thiocarbonyl (C=S) groups is 1. The maximum absolute atomic E-state index is 4.65. The standard InChI is InChI=1S/C11H11NS/c13-8-12-11-7-3-5-9-4-1-2-6-10(9)11/h1-2,4,6,11H,3,5,7H2/t11-/m0/s1. The zero-order valence-electron chi connectivity index (χ0n) is 7.36.